The van der Waals surface area contributed by atoms with Crippen LogP contribution in [0.25, 0.3) is 143 Å². The van der Waals surface area contributed by atoms with Gasteiger partial charge in [-0.15, -0.1) is 0 Å². The number of benzene rings is 9. The molecule has 0 bridgehead atoms. The van der Waals surface area contributed by atoms with Crippen LogP contribution >= 0.6 is 0 Å². The first-order valence-electron chi connectivity index (χ1n) is 27.0. The molecule has 1 unspecified atom stereocenters. The lowest BCUT2D eigenvalue weighted by Crippen LogP contribution is -2.09. The van der Waals surface area contributed by atoms with Crippen LogP contribution in [0.2, 0.25) is 0 Å². The lowest BCUT2D eigenvalue weighted by atomic mass is 10.1. The molecular formula is C71H48N6. The third-order valence-electron chi connectivity index (χ3n) is 16.8. The highest BCUT2D eigenvalue weighted by Crippen LogP contribution is 2.46. The van der Waals surface area contributed by atoms with Gasteiger partial charge in [0.2, 0.25) is 0 Å². The Balaban J connectivity index is 1.00. The van der Waals surface area contributed by atoms with Gasteiger partial charge in [-0.2, -0.15) is 0 Å². The van der Waals surface area contributed by atoms with E-state index in [1.54, 1.807) is 0 Å². The van der Waals surface area contributed by atoms with Gasteiger partial charge in [-0.05, 0) is 97.1 Å². The van der Waals surface area contributed by atoms with Gasteiger partial charge in [0, 0.05) is 70.8 Å². The van der Waals surface area contributed by atoms with Crippen molar-refractivity contribution in [1.82, 2.24) is 27.8 Å². The van der Waals surface area contributed by atoms with Crippen LogP contribution in [0, 0.1) is 0 Å². The number of fused-ring (bicyclic) bond motifs is 17. The van der Waals surface area contributed by atoms with Crippen molar-refractivity contribution >= 4 is 115 Å². The van der Waals surface area contributed by atoms with Crippen LogP contribution < -0.4 is 0 Å². The van der Waals surface area contributed by atoms with Crippen molar-refractivity contribution in [3.8, 4) is 28.5 Å². The summed E-state index contributed by atoms with van der Waals surface area (Å²) in [5.74, 6) is 1.71. The molecule has 2 aliphatic carbocycles. The third kappa shape index (κ3) is 6.03. The molecule has 6 nitrogen and oxygen atoms in total. The van der Waals surface area contributed by atoms with Crippen LogP contribution in [-0.2, 0) is 0 Å². The van der Waals surface area contributed by atoms with Gasteiger partial charge in [0.15, 0.2) is 0 Å². The molecule has 0 saturated carbocycles. The zero-order chi connectivity index (χ0) is 50.3. The Bertz CT molecular complexity index is 5080. The minimum Gasteiger partial charge on any atom is -0.331 e. The summed E-state index contributed by atoms with van der Waals surface area (Å²) in [6.07, 6.45) is 19.0. The van der Waals surface area contributed by atoms with Crippen LogP contribution in [-0.4, -0.2) is 27.8 Å². The summed E-state index contributed by atoms with van der Waals surface area (Å²) >= 11 is 0. The molecule has 17 rings (SSSR count). The molecule has 0 spiro atoms. The molecule has 6 aromatic heterocycles. The number of rotatable bonds is 6. The van der Waals surface area contributed by atoms with E-state index in [0.717, 1.165) is 69.8 Å². The molecule has 6 heteroatoms. The first kappa shape index (κ1) is 42.4. The van der Waals surface area contributed by atoms with Crippen molar-refractivity contribution < 1.29 is 0 Å². The van der Waals surface area contributed by atoms with Gasteiger partial charge in [0.1, 0.15) is 11.6 Å². The van der Waals surface area contributed by atoms with Crippen LogP contribution in [0.4, 0.5) is 0 Å². The molecule has 9 aromatic carbocycles. The molecule has 0 aliphatic heterocycles. The normalized spacial score (nSPS) is 14.9. The van der Waals surface area contributed by atoms with Crippen molar-refractivity contribution in [2.45, 2.75) is 25.3 Å². The number of aromatic nitrogens is 6. The standard InChI is InChI=1S/C71H48N6/c1-3-19-47(20-4-1)74-62-31-15-9-25-52(62)56-39-41-58-54-27-11-17-33-64(54)76(70(58)68(56)74)66-43-46(45-35-37-49(38-36-45)73-60-29-13-7-23-50(60)51-24-8-14-30-61(51)73)44-67(72-66)77-65-34-18-12-28-55(65)59-42-40-57-53-26-10-16-32-63(53)75(69(57)71(59)77)48-21-5-2-6-22-48/h1,3-5,7-19,21-44,47H,2,6,20H2. The van der Waals surface area contributed by atoms with Crippen LogP contribution in [0.15, 0.2) is 249 Å². The number of para-hydroxylation sites is 6. The summed E-state index contributed by atoms with van der Waals surface area (Å²) in [6, 6.07) is 76.5. The quantitative estimate of drug-likeness (QED) is 0.164. The molecule has 15 aromatic rings. The van der Waals surface area contributed by atoms with E-state index in [0.29, 0.717) is 0 Å². The Morgan fingerprint density at radius 3 is 1.30 bits per heavy atom. The maximum Gasteiger partial charge on any atom is 0.140 e. The van der Waals surface area contributed by atoms with E-state index in [2.05, 4.69) is 272 Å². The summed E-state index contributed by atoms with van der Waals surface area (Å²) in [5.41, 5.74) is 16.2. The average Bonchev–Trinajstić information content (AvgIpc) is 4.47. The van der Waals surface area contributed by atoms with Crippen molar-refractivity contribution in [2.24, 2.45) is 0 Å². The number of pyridine rings is 1. The van der Waals surface area contributed by atoms with Crippen LogP contribution in [0.1, 0.15) is 25.3 Å². The van der Waals surface area contributed by atoms with Crippen molar-refractivity contribution in [1.29, 1.82) is 0 Å². The number of hydrogen-bond donors (Lipinski definition) is 0. The SMILES string of the molecule is C1=CCC(n2c3ccccc3c3ccc4c5ccccc5n(-c5cc(-c6ccc(-n7c8ccccc8c8ccccc87)cc6)cc(-n6c7ccccc7c7ccc8c9ccccc9n(C9=CCCC=C9)c8c76)n5)c4c32)C=C1. The van der Waals surface area contributed by atoms with E-state index < -0.39 is 0 Å². The number of nitrogens with zero attached hydrogens (tertiary/aromatic N) is 6. The molecule has 0 radical (unpaired) electrons. The first-order chi connectivity index (χ1) is 38.2. The zero-order valence-electron chi connectivity index (χ0n) is 42.1. The molecule has 0 amide bonds. The number of hydrogen-bond acceptors (Lipinski definition) is 1. The van der Waals surface area contributed by atoms with Crippen LogP contribution in [0.3, 0.4) is 0 Å². The molecule has 1 atom stereocenters. The summed E-state index contributed by atoms with van der Waals surface area (Å²) in [5, 5.41) is 12.2. The lowest BCUT2D eigenvalue weighted by molar-refractivity contribution is 0.648. The third-order valence-corrected chi connectivity index (χ3v) is 16.8. The Morgan fingerprint density at radius 2 is 0.792 bits per heavy atom. The highest BCUT2D eigenvalue weighted by atomic mass is 15.2. The maximum absolute atomic E-state index is 6.03. The van der Waals surface area contributed by atoms with Crippen molar-refractivity contribution in [3.05, 3.63) is 249 Å². The lowest BCUT2D eigenvalue weighted by Gasteiger charge is -2.20. The highest BCUT2D eigenvalue weighted by molar-refractivity contribution is 6.25. The first-order valence-corrected chi connectivity index (χ1v) is 27.0. The summed E-state index contributed by atoms with van der Waals surface area (Å²) < 4.78 is 12.4. The molecule has 362 valence electrons. The van der Waals surface area contributed by atoms with E-state index in [1.165, 1.54) is 92.7 Å². The summed E-state index contributed by atoms with van der Waals surface area (Å²) in [4.78, 5) is 6.03. The Labute approximate surface area is 442 Å². The molecule has 0 N–H and O–H groups in total. The second kappa shape index (κ2) is 16.3. The van der Waals surface area contributed by atoms with Gasteiger partial charge < -0.3 is 13.7 Å². The average molecular weight is 985 g/mol. The molecule has 0 fully saturated rings. The fourth-order valence-corrected chi connectivity index (χ4v) is 13.5. The van der Waals surface area contributed by atoms with E-state index in [-0.39, 0.29) is 6.04 Å². The summed E-state index contributed by atoms with van der Waals surface area (Å²) in [6.45, 7) is 0. The Hall–Kier alpha value is -9.91. The van der Waals surface area contributed by atoms with Gasteiger partial charge in [-0.3, -0.25) is 9.13 Å². The van der Waals surface area contributed by atoms with Gasteiger partial charge in [-0.25, -0.2) is 4.98 Å². The summed E-state index contributed by atoms with van der Waals surface area (Å²) in [7, 11) is 0. The Morgan fingerprint density at radius 1 is 0.351 bits per heavy atom. The maximum atomic E-state index is 6.03. The van der Waals surface area contributed by atoms with Crippen LogP contribution in [0.5, 0.6) is 0 Å². The van der Waals surface area contributed by atoms with E-state index >= 15 is 0 Å². The second-order valence-electron chi connectivity index (χ2n) is 20.9. The van der Waals surface area contributed by atoms with Gasteiger partial charge >= 0.3 is 0 Å². The molecular weight excluding hydrogens is 937 g/mol. The smallest absolute Gasteiger partial charge is 0.140 e. The molecule has 2 aliphatic rings. The van der Waals surface area contributed by atoms with Gasteiger partial charge in [0.25, 0.3) is 0 Å². The fourth-order valence-electron chi connectivity index (χ4n) is 13.5. The largest absolute Gasteiger partial charge is 0.331 e. The zero-order valence-corrected chi connectivity index (χ0v) is 42.1. The number of allylic oxidation sites excluding steroid dienone is 8. The topological polar surface area (TPSA) is 37.5 Å². The highest BCUT2D eigenvalue weighted by Gasteiger charge is 2.27. The van der Waals surface area contributed by atoms with E-state index in [4.69, 9.17) is 4.98 Å². The monoisotopic (exact) mass is 984 g/mol. The fraction of sp³-hybridized carbons (Fsp3) is 0.0563. The van der Waals surface area contributed by atoms with Gasteiger partial charge in [-0.1, -0.05) is 182 Å². The van der Waals surface area contributed by atoms with Gasteiger partial charge in [0.05, 0.1) is 55.7 Å². The minimum absolute atomic E-state index is 0.142. The predicted molar refractivity (Wildman–Crippen MR) is 323 cm³/mol. The Kier molecular flexibility index (Phi) is 8.98. The molecule has 77 heavy (non-hydrogen) atoms. The van der Waals surface area contributed by atoms with Crippen molar-refractivity contribution in [3.63, 3.8) is 0 Å². The van der Waals surface area contributed by atoms with E-state index in [1.807, 2.05) is 0 Å². The van der Waals surface area contributed by atoms with E-state index in [9.17, 15) is 0 Å². The predicted octanol–water partition coefficient (Wildman–Crippen LogP) is 18.5. The molecule has 6 heterocycles. The van der Waals surface area contributed by atoms with Crippen molar-refractivity contribution in [2.75, 3.05) is 0 Å². The minimum atomic E-state index is 0.142. The second-order valence-corrected chi connectivity index (χ2v) is 20.9. The molecule has 0 saturated heterocycles.